The van der Waals surface area contributed by atoms with E-state index < -0.39 is 0 Å². The maximum atomic E-state index is 4.56. The zero-order chi connectivity index (χ0) is 18.2. The summed E-state index contributed by atoms with van der Waals surface area (Å²) < 4.78 is 0. The Kier molecular flexibility index (Phi) is 2.67. The lowest BCUT2D eigenvalue weighted by molar-refractivity contribution is 0.986. The monoisotopic (exact) mass is 358 g/mol. The summed E-state index contributed by atoms with van der Waals surface area (Å²) >= 11 is 0. The molecule has 1 aromatic heterocycles. The highest BCUT2D eigenvalue weighted by Crippen LogP contribution is 2.55. The highest BCUT2D eigenvalue weighted by molar-refractivity contribution is 5.99. The minimum Gasteiger partial charge on any atom is -0.309 e. The number of aromatic nitrogens is 1. The first-order valence-corrected chi connectivity index (χ1v) is 9.95. The topological polar surface area (TPSA) is 16.1 Å². The van der Waals surface area contributed by atoms with Crippen LogP contribution in [-0.4, -0.2) is 4.98 Å². The summed E-state index contributed by atoms with van der Waals surface area (Å²) in [5, 5.41) is 0. The van der Waals surface area contributed by atoms with Crippen molar-refractivity contribution in [1.29, 1.82) is 0 Å². The van der Waals surface area contributed by atoms with Gasteiger partial charge in [0.25, 0.3) is 0 Å². The molecular weight excluding hydrogens is 340 g/mol. The average molecular weight is 358 g/mol. The van der Waals surface area contributed by atoms with Crippen LogP contribution in [0.3, 0.4) is 0 Å². The molecule has 132 valence electrons. The van der Waals surface area contributed by atoms with Gasteiger partial charge in [-0.1, -0.05) is 54.6 Å². The second-order valence-electron chi connectivity index (χ2n) is 8.07. The third-order valence-electron chi connectivity index (χ3n) is 6.53. The second-order valence-corrected chi connectivity index (χ2v) is 8.07. The van der Waals surface area contributed by atoms with Gasteiger partial charge in [-0.3, -0.25) is 4.98 Å². The molecule has 0 fully saturated rings. The van der Waals surface area contributed by atoms with Crippen molar-refractivity contribution in [2.75, 3.05) is 4.90 Å². The van der Waals surface area contributed by atoms with Gasteiger partial charge in [-0.15, -0.1) is 0 Å². The van der Waals surface area contributed by atoms with Crippen LogP contribution in [0.15, 0.2) is 73.1 Å². The summed E-state index contributed by atoms with van der Waals surface area (Å²) in [6.07, 6.45) is 7.07. The third-order valence-corrected chi connectivity index (χ3v) is 6.53. The summed E-state index contributed by atoms with van der Waals surface area (Å²) in [7, 11) is 0. The van der Waals surface area contributed by atoms with Crippen LogP contribution in [-0.2, 0) is 19.3 Å². The highest BCUT2D eigenvalue weighted by atomic mass is 15.2. The SMILES string of the molecule is c1ccc2c(c1)Cc1ccc3c(c1-2)N1c2ccccc2Cc2cncc(c21)C3. The van der Waals surface area contributed by atoms with Gasteiger partial charge in [0.15, 0.2) is 0 Å². The number of fused-ring (bicyclic) bond motifs is 8. The Labute approximate surface area is 164 Å². The lowest BCUT2D eigenvalue weighted by atomic mass is 9.85. The molecule has 2 heteroatoms. The quantitative estimate of drug-likeness (QED) is 0.334. The average Bonchev–Trinajstić information content (AvgIpc) is 3.12. The van der Waals surface area contributed by atoms with Gasteiger partial charge in [0.1, 0.15) is 0 Å². The van der Waals surface area contributed by atoms with Crippen LogP contribution in [0.5, 0.6) is 0 Å². The van der Waals surface area contributed by atoms with Gasteiger partial charge >= 0.3 is 0 Å². The van der Waals surface area contributed by atoms with Gasteiger partial charge in [0.2, 0.25) is 0 Å². The Hall–Kier alpha value is -3.39. The van der Waals surface area contributed by atoms with Crippen molar-refractivity contribution in [1.82, 2.24) is 4.98 Å². The molecule has 0 atom stereocenters. The van der Waals surface area contributed by atoms with Crippen LogP contribution < -0.4 is 4.90 Å². The van der Waals surface area contributed by atoms with Crippen LogP contribution in [0.2, 0.25) is 0 Å². The molecule has 0 unspecified atom stereocenters. The first-order chi connectivity index (χ1) is 13.9. The molecule has 28 heavy (non-hydrogen) atoms. The molecule has 0 spiro atoms. The molecule has 1 aliphatic carbocycles. The van der Waals surface area contributed by atoms with Crippen molar-refractivity contribution >= 4 is 17.1 Å². The predicted molar refractivity (Wildman–Crippen MR) is 113 cm³/mol. The molecule has 0 saturated carbocycles. The molecule has 3 aromatic carbocycles. The van der Waals surface area contributed by atoms with E-state index in [4.69, 9.17) is 0 Å². The van der Waals surface area contributed by atoms with E-state index in [0.29, 0.717) is 0 Å². The van der Waals surface area contributed by atoms with Gasteiger partial charge in [-0.25, -0.2) is 0 Å². The number of anilines is 3. The lowest BCUT2D eigenvalue weighted by Crippen LogP contribution is -2.25. The Morgan fingerprint density at radius 1 is 0.571 bits per heavy atom. The van der Waals surface area contributed by atoms with Gasteiger partial charge < -0.3 is 4.90 Å². The van der Waals surface area contributed by atoms with E-state index in [-0.39, 0.29) is 0 Å². The maximum absolute atomic E-state index is 4.56. The van der Waals surface area contributed by atoms with Crippen LogP contribution in [0.1, 0.15) is 33.4 Å². The number of benzene rings is 3. The maximum Gasteiger partial charge on any atom is 0.0578 e. The fraction of sp³-hybridized carbons (Fsp3) is 0.115. The van der Waals surface area contributed by atoms with Gasteiger partial charge in [-0.05, 0) is 51.4 Å². The molecule has 3 aliphatic rings. The van der Waals surface area contributed by atoms with E-state index in [2.05, 4.69) is 82.9 Å². The van der Waals surface area contributed by atoms with Crippen LogP contribution in [0, 0.1) is 0 Å². The largest absolute Gasteiger partial charge is 0.309 e. The van der Waals surface area contributed by atoms with Crippen LogP contribution in [0.4, 0.5) is 17.1 Å². The molecule has 0 amide bonds. The van der Waals surface area contributed by atoms with Crippen molar-refractivity contribution in [3.05, 3.63) is 106 Å². The normalized spacial score (nSPS) is 14.6. The van der Waals surface area contributed by atoms with E-state index >= 15 is 0 Å². The van der Waals surface area contributed by atoms with Crippen molar-refractivity contribution < 1.29 is 0 Å². The summed E-state index contributed by atoms with van der Waals surface area (Å²) in [6.45, 7) is 0. The van der Waals surface area contributed by atoms with E-state index in [1.54, 1.807) is 0 Å². The van der Waals surface area contributed by atoms with Crippen LogP contribution in [0.25, 0.3) is 11.1 Å². The molecule has 4 aromatic rings. The van der Waals surface area contributed by atoms with Gasteiger partial charge in [0, 0.05) is 36.5 Å². The summed E-state index contributed by atoms with van der Waals surface area (Å²) in [6, 6.07) is 22.4. The minimum atomic E-state index is 0.958. The molecule has 2 nitrogen and oxygen atoms in total. The molecule has 0 N–H and O–H groups in total. The van der Waals surface area contributed by atoms with Gasteiger partial charge in [-0.2, -0.15) is 0 Å². The van der Waals surface area contributed by atoms with E-state index in [1.165, 1.54) is 61.6 Å². The molecule has 2 aliphatic heterocycles. The zero-order valence-electron chi connectivity index (χ0n) is 15.4. The summed E-state index contributed by atoms with van der Waals surface area (Å²) in [5.74, 6) is 0. The number of para-hydroxylation sites is 1. The number of nitrogens with zero attached hydrogens (tertiary/aromatic N) is 2. The predicted octanol–water partition coefficient (Wildman–Crippen LogP) is 5.93. The lowest BCUT2D eigenvalue weighted by Gasteiger charge is -2.40. The third kappa shape index (κ3) is 1.75. The fourth-order valence-corrected chi connectivity index (χ4v) is 5.38. The van der Waals surface area contributed by atoms with E-state index in [1.807, 2.05) is 0 Å². The van der Waals surface area contributed by atoms with Gasteiger partial charge in [0.05, 0.1) is 11.4 Å². The minimum absolute atomic E-state index is 0.958. The smallest absolute Gasteiger partial charge is 0.0578 e. The molecule has 3 heterocycles. The summed E-state index contributed by atoms with van der Waals surface area (Å²) in [4.78, 5) is 7.10. The van der Waals surface area contributed by atoms with E-state index in [0.717, 1.165) is 19.3 Å². The fourth-order valence-electron chi connectivity index (χ4n) is 5.38. The number of hydrogen-bond donors (Lipinski definition) is 0. The standard InChI is InChI=1S/C26H18N2/c1-3-7-22-16(5-1)11-18-9-10-19-13-21-15-27-14-20-12-17-6-2-4-8-23(17)28(25(20)21)26(19)24(18)22/h1-10,14-15H,11-13H2. The van der Waals surface area contributed by atoms with Crippen molar-refractivity contribution in [2.24, 2.45) is 0 Å². The first-order valence-electron chi connectivity index (χ1n) is 9.95. The highest BCUT2D eigenvalue weighted by Gasteiger charge is 2.35. The van der Waals surface area contributed by atoms with Crippen molar-refractivity contribution in [3.8, 4) is 11.1 Å². The van der Waals surface area contributed by atoms with Crippen molar-refractivity contribution in [3.63, 3.8) is 0 Å². The first kappa shape index (κ1) is 14.6. The Bertz CT molecular complexity index is 1290. The second kappa shape index (κ2) is 5.11. The number of hydrogen-bond acceptors (Lipinski definition) is 2. The van der Waals surface area contributed by atoms with Crippen LogP contribution >= 0.6 is 0 Å². The van der Waals surface area contributed by atoms with Crippen molar-refractivity contribution in [2.45, 2.75) is 19.3 Å². The Morgan fingerprint density at radius 3 is 2.14 bits per heavy atom. The molecule has 0 bridgehead atoms. The van der Waals surface area contributed by atoms with E-state index in [9.17, 15) is 0 Å². The molecular formula is C26H18N2. The molecule has 7 rings (SSSR count). The number of pyridine rings is 1. The Morgan fingerprint density at radius 2 is 1.25 bits per heavy atom. The molecule has 0 saturated heterocycles. The summed E-state index contributed by atoms with van der Waals surface area (Å²) in [5.41, 5.74) is 15.2. The molecule has 0 radical (unpaired) electrons. The zero-order valence-corrected chi connectivity index (χ0v) is 15.4. The Balaban J connectivity index is 1.60. The number of rotatable bonds is 0.